The third-order valence-corrected chi connectivity index (χ3v) is 4.45. The fraction of sp³-hybridized carbons (Fsp3) is 0.615. The smallest absolute Gasteiger partial charge is 0.177 e. The molecule has 1 fully saturated rings. The fourth-order valence-corrected chi connectivity index (χ4v) is 3.24. The largest absolute Gasteiger partial charge is 0.486 e. The van der Waals surface area contributed by atoms with Gasteiger partial charge in [0.2, 0.25) is 0 Å². The zero-order chi connectivity index (χ0) is 15.0. The average Bonchev–Trinajstić information content (AvgIpc) is 2.82. The summed E-state index contributed by atoms with van der Waals surface area (Å²) in [6, 6.07) is 0. The molecule has 1 aromatic rings. The van der Waals surface area contributed by atoms with Gasteiger partial charge in [-0.1, -0.05) is 0 Å². The van der Waals surface area contributed by atoms with Crippen LogP contribution in [-0.4, -0.2) is 47.4 Å². The predicted octanol–water partition coefficient (Wildman–Crippen LogP) is 0.862. The van der Waals surface area contributed by atoms with Crippen molar-refractivity contribution >= 4 is 27.8 Å². The standard InChI is InChI=1S/C13H20N2O4S/c1-6(2)19-11-10(14)12(7(3)16)20-13(11)15-4-8(17)9(18)5-15/h6,8-9,17-18H,4-5,14H2,1-3H3. The van der Waals surface area contributed by atoms with Crippen LogP contribution in [0.5, 0.6) is 5.75 Å². The maximum atomic E-state index is 11.6. The van der Waals surface area contributed by atoms with Gasteiger partial charge in [-0.15, -0.1) is 11.3 Å². The Balaban J connectivity index is 2.40. The zero-order valence-corrected chi connectivity index (χ0v) is 12.6. The quantitative estimate of drug-likeness (QED) is 0.714. The number of anilines is 2. The van der Waals surface area contributed by atoms with E-state index in [1.165, 1.54) is 18.3 Å². The highest BCUT2D eigenvalue weighted by atomic mass is 32.1. The third-order valence-electron chi connectivity index (χ3n) is 3.10. The number of ether oxygens (including phenoxy) is 1. The van der Waals surface area contributed by atoms with Crippen molar-refractivity contribution in [1.82, 2.24) is 0 Å². The van der Waals surface area contributed by atoms with Gasteiger partial charge in [0.25, 0.3) is 0 Å². The van der Waals surface area contributed by atoms with Gasteiger partial charge in [0.15, 0.2) is 11.5 Å². The molecule has 6 nitrogen and oxygen atoms in total. The molecule has 0 aliphatic carbocycles. The zero-order valence-electron chi connectivity index (χ0n) is 11.8. The molecule has 0 saturated carbocycles. The highest BCUT2D eigenvalue weighted by molar-refractivity contribution is 7.19. The van der Waals surface area contributed by atoms with Gasteiger partial charge >= 0.3 is 0 Å². The number of β-amino-alcohol motifs (C(OH)–C–C–N with tert-alkyl or cyclic N) is 2. The van der Waals surface area contributed by atoms with E-state index in [-0.39, 0.29) is 11.9 Å². The second-order valence-corrected chi connectivity index (χ2v) is 6.24. The first-order valence-corrected chi connectivity index (χ1v) is 7.33. The molecule has 0 amide bonds. The Kier molecular flexibility index (Phi) is 4.22. The van der Waals surface area contributed by atoms with E-state index in [1.54, 1.807) is 4.90 Å². The summed E-state index contributed by atoms with van der Waals surface area (Å²) in [6.07, 6.45) is -1.68. The lowest BCUT2D eigenvalue weighted by atomic mass is 10.3. The van der Waals surface area contributed by atoms with E-state index in [1.807, 2.05) is 13.8 Å². The first kappa shape index (κ1) is 15.1. The van der Waals surface area contributed by atoms with Crippen LogP contribution in [0.25, 0.3) is 0 Å². The lowest BCUT2D eigenvalue weighted by Gasteiger charge is -2.19. The molecule has 2 atom stereocenters. The summed E-state index contributed by atoms with van der Waals surface area (Å²) in [6.45, 7) is 5.81. The normalized spacial score (nSPS) is 22.6. The lowest BCUT2D eigenvalue weighted by molar-refractivity contribution is 0.0572. The summed E-state index contributed by atoms with van der Waals surface area (Å²) in [7, 11) is 0. The Bertz CT molecular complexity index is 505. The minimum Gasteiger partial charge on any atom is -0.486 e. The van der Waals surface area contributed by atoms with Crippen LogP contribution in [0.1, 0.15) is 30.4 Å². The number of thiophene rings is 1. The number of nitrogens with two attached hydrogens (primary N) is 1. The molecule has 2 unspecified atom stereocenters. The molecule has 0 bridgehead atoms. The first-order chi connectivity index (χ1) is 9.31. The Morgan fingerprint density at radius 3 is 2.40 bits per heavy atom. The van der Waals surface area contributed by atoms with Crippen LogP contribution in [0, 0.1) is 0 Å². The molecule has 1 aliphatic heterocycles. The molecule has 1 aliphatic rings. The average molecular weight is 300 g/mol. The van der Waals surface area contributed by atoms with E-state index in [4.69, 9.17) is 10.5 Å². The molecular formula is C13H20N2O4S. The number of Topliss-reactive ketones (excluding diaryl/α,β-unsaturated/α-hetero) is 1. The van der Waals surface area contributed by atoms with Crippen molar-refractivity contribution in [3.63, 3.8) is 0 Å². The summed E-state index contributed by atoms with van der Waals surface area (Å²) in [5, 5.41) is 20.0. The summed E-state index contributed by atoms with van der Waals surface area (Å²) in [5.74, 6) is 0.351. The number of aliphatic hydroxyl groups is 2. The number of rotatable bonds is 4. The molecule has 20 heavy (non-hydrogen) atoms. The molecule has 2 rings (SSSR count). The number of carbonyl (C=O) groups is 1. The van der Waals surface area contributed by atoms with Crippen LogP contribution < -0.4 is 15.4 Å². The maximum absolute atomic E-state index is 11.6. The summed E-state index contributed by atoms with van der Waals surface area (Å²) in [5.41, 5.74) is 6.34. The number of hydrogen-bond acceptors (Lipinski definition) is 7. The minimum atomic E-state index is -0.800. The Hall–Kier alpha value is -1.31. The Labute approximate surface area is 121 Å². The van der Waals surface area contributed by atoms with Gasteiger partial charge in [-0.05, 0) is 13.8 Å². The van der Waals surface area contributed by atoms with E-state index < -0.39 is 12.2 Å². The van der Waals surface area contributed by atoms with E-state index in [0.717, 1.165) is 0 Å². The van der Waals surface area contributed by atoms with E-state index in [2.05, 4.69) is 0 Å². The Morgan fingerprint density at radius 1 is 1.40 bits per heavy atom. The number of hydrogen-bond donors (Lipinski definition) is 3. The SMILES string of the molecule is CC(=O)c1sc(N2CC(O)C(O)C2)c(OC(C)C)c1N. The molecule has 1 saturated heterocycles. The second-order valence-electron chi connectivity index (χ2n) is 5.24. The molecule has 0 radical (unpaired) electrons. The second kappa shape index (κ2) is 5.59. The van der Waals surface area contributed by atoms with Crippen LogP contribution in [0.15, 0.2) is 0 Å². The summed E-state index contributed by atoms with van der Waals surface area (Å²) < 4.78 is 5.72. The Morgan fingerprint density at radius 2 is 1.95 bits per heavy atom. The number of nitrogen functional groups attached to an aromatic ring is 1. The molecule has 112 valence electrons. The molecule has 0 aromatic carbocycles. The number of carbonyl (C=O) groups excluding carboxylic acids is 1. The molecule has 0 spiro atoms. The van der Waals surface area contributed by atoms with Crippen LogP contribution in [0.2, 0.25) is 0 Å². The third kappa shape index (κ3) is 2.74. The maximum Gasteiger partial charge on any atom is 0.177 e. The van der Waals surface area contributed by atoms with Crippen LogP contribution in [0.3, 0.4) is 0 Å². The topological polar surface area (TPSA) is 96.0 Å². The highest BCUT2D eigenvalue weighted by Gasteiger charge is 2.34. The van der Waals surface area contributed by atoms with Gasteiger partial charge < -0.3 is 25.6 Å². The van der Waals surface area contributed by atoms with Crippen molar-refractivity contribution in [2.45, 2.75) is 39.1 Å². The number of nitrogens with zero attached hydrogens (tertiary/aromatic N) is 1. The van der Waals surface area contributed by atoms with Gasteiger partial charge in [0.05, 0.1) is 28.9 Å². The van der Waals surface area contributed by atoms with Crippen molar-refractivity contribution in [2.75, 3.05) is 23.7 Å². The van der Waals surface area contributed by atoms with Crippen LogP contribution in [-0.2, 0) is 0 Å². The predicted molar refractivity (Wildman–Crippen MR) is 78.7 cm³/mol. The van der Waals surface area contributed by atoms with E-state index in [9.17, 15) is 15.0 Å². The van der Waals surface area contributed by atoms with Gasteiger partial charge in [-0.3, -0.25) is 4.79 Å². The van der Waals surface area contributed by atoms with E-state index >= 15 is 0 Å². The number of ketones is 1. The first-order valence-electron chi connectivity index (χ1n) is 6.52. The lowest BCUT2D eigenvalue weighted by Crippen LogP contribution is -2.22. The van der Waals surface area contributed by atoms with Crippen LogP contribution >= 0.6 is 11.3 Å². The van der Waals surface area contributed by atoms with Crippen molar-refractivity contribution in [2.24, 2.45) is 0 Å². The fourth-order valence-electron chi connectivity index (χ4n) is 2.17. The van der Waals surface area contributed by atoms with Gasteiger partial charge in [0, 0.05) is 20.0 Å². The van der Waals surface area contributed by atoms with Crippen molar-refractivity contribution in [3.8, 4) is 5.75 Å². The number of aliphatic hydroxyl groups excluding tert-OH is 2. The van der Waals surface area contributed by atoms with Gasteiger partial charge in [-0.2, -0.15) is 0 Å². The monoisotopic (exact) mass is 300 g/mol. The van der Waals surface area contributed by atoms with Gasteiger partial charge in [-0.25, -0.2) is 0 Å². The highest BCUT2D eigenvalue weighted by Crippen LogP contribution is 2.46. The van der Waals surface area contributed by atoms with Crippen LogP contribution in [0.4, 0.5) is 10.7 Å². The summed E-state index contributed by atoms with van der Waals surface area (Å²) >= 11 is 1.24. The molecule has 4 N–H and O–H groups in total. The molecule has 7 heteroatoms. The molecule has 2 heterocycles. The minimum absolute atomic E-state index is 0.0806. The van der Waals surface area contributed by atoms with E-state index in [0.29, 0.717) is 34.4 Å². The van der Waals surface area contributed by atoms with Gasteiger partial charge in [0.1, 0.15) is 5.00 Å². The van der Waals surface area contributed by atoms with Crippen molar-refractivity contribution in [3.05, 3.63) is 4.88 Å². The van der Waals surface area contributed by atoms with Crippen molar-refractivity contribution < 1.29 is 19.7 Å². The molecular weight excluding hydrogens is 280 g/mol. The van der Waals surface area contributed by atoms with Crippen molar-refractivity contribution in [1.29, 1.82) is 0 Å². The summed E-state index contributed by atoms with van der Waals surface area (Å²) in [4.78, 5) is 13.9. The molecule has 1 aromatic heterocycles.